The number of carbonyl (C=O) groups excluding carboxylic acids is 2. The molecule has 0 radical (unpaired) electrons. The third-order valence-corrected chi connectivity index (χ3v) is 1.02. The fourth-order valence-corrected chi connectivity index (χ4v) is 0.502. The Labute approximate surface area is 70.3 Å². The lowest BCUT2D eigenvalue weighted by atomic mass is 10.3. The van der Waals surface area contributed by atoms with Crippen LogP contribution in [0.3, 0.4) is 0 Å². The molecular weight excluding hydrogens is 164 g/mol. The Morgan fingerprint density at radius 1 is 1.42 bits per heavy atom. The minimum atomic E-state index is -1.11. The smallest absolute Gasteiger partial charge is 0.304 e. The van der Waals surface area contributed by atoms with Gasteiger partial charge in [-0.05, 0) is 12.8 Å². The quantitative estimate of drug-likeness (QED) is 0.295. The molecular formula is C7H11O5-. The second-order valence-corrected chi connectivity index (χ2v) is 2.14. The molecule has 0 heterocycles. The molecule has 0 atom stereocenters. The van der Waals surface area contributed by atoms with Gasteiger partial charge in [0.15, 0.2) is 6.79 Å². The molecule has 0 amide bonds. The summed E-state index contributed by atoms with van der Waals surface area (Å²) in [5.41, 5.74) is 0. The maximum atomic E-state index is 10.2. The topological polar surface area (TPSA) is 75.7 Å². The fourth-order valence-electron chi connectivity index (χ4n) is 0.502. The van der Waals surface area contributed by atoms with E-state index in [1.807, 2.05) is 0 Å². The second-order valence-electron chi connectivity index (χ2n) is 2.14. The van der Waals surface area contributed by atoms with Crippen molar-refractivity contribution in [2.24, 2.45) is 0 Å². The number of ether oxygens (including phenoxy) is 2. The molecule has 0 bridgehead atoms. The minimum absolute atomic E-state index is 0.0416. The number of hydrogen-bond donors (Lipinski definition) is 0. The van der Waals surface area contributed by atoms with Gasteiger partial charge in [0.05, 0.1) is 6.61 Å². The average molecular weight is 175 g/mol. The van der Waals surface area contributed by atoms with Crippen molar-refractivity contribution in [3.8, 4) is 0 Å². The Kier molecular flexibility index (Phi) is 6.00. The molecule has 0 aliphatic heterocycles. The monoisotopic (exact) mass is 175 g/mol. The van der Waals surface area contributed by atoms with Gasteiger partial charge in [-0.1, -0.05) is 0 Å². The van der Waals surface area contributed by atoms with Gasteiger partial charge in [-0.15, -0.1) is 0 Å². The van der Waals surface area contributed by atoms with Crippen LogP contribution in [0.2, 0.25) is 0 Å². The zero-order valence-electron chi connectivity index (χ0n) is 6.87. The van der Waals surface area contributed by atoms with Crippen molar-refractivity contribution < 1.29 is 24.2 Å². The molecule has 5 heteroatoms. The summed E-state index contributed by atoms with van der Waals surface area (Å²) < 4.78 is 9.19. The van der Waals surface area contributed by atoms with E-state index in [4.69, 9.17) is 4.74 Å². The summed E-state index contributed by atoms with van der Waals surface area (Å²) >= 11 is 0. The van der Waals surface area contributed by atoms with Gasteiger partial charge in [0.2, 0.25) is 0 Å². The number of esters is 1. The first-order valence-electron chi connectivity index (χ1n) is 3.54. The summed E-state index contributed by atoms with van der Waals surface area (Å²) in [4.78, 5) is 20.1. The summed E-state index contributed by atoms with van der Waals surface area (Å²) in [5, 5.41) is 9.89. The maximum absolute atomic E-state index is 10.2. The van der Waals surface area contributed by atoms with Gasteiger partial charge in [0.25, 0.3) is 0 Å². The predicted octanol–water partition coefficient (Wildman–Crippen LogP) is -0.946. The molecule has 0 saturated carbocycles. The van der Waals surface area contributed by atoms with E-state index < -0.39 is 11.9 Å². The summed E-state index contributed by atoms with van der Waals surface area (Å²) in [5.74, 6) is -1.53. The van der Waals surface area contributed by atoms with Gasteiger partial charge >= 0.3 is 5.97 Å². The Morgan fingerprint density at radius 3 is 2.58 bits per heavy atom. The first-order valence-corrected chi connectivity index (χ1v) is 3.54. The molecule has 0 aliphatic carbocycles. The van der Waals surface area contributed by atoms with Crippen LogP contribution in [0.4, 0.5) is 0 Å². The van der Waals surface area contributed by atoms with E-state index in [9.17, 15) is 14.7 Å². The van der Waals surface area contributed by atoms with Gasteiger partial charge in [0.1, 0.15) is 0 Å². The Morgan fingerprint density at radius 2 is 2.08 bits per heavy atom. The van der Waals surface area contributed by atoms with Crippen molar-refractivity contribution in [2.75, 3.05) is 13.4 Å². The molecule has 5 nitrogen and oxygen atoms in total. The van der Waals surface area contributed by atoms with Crippen molar-refractivity contribution in [2.45, 2.75) is 19.8 Å². The van der Waals surface area contributed by atoms with E-state index in [0.717, 1.165) is 0 Å². The normalized spacial score (nSPS) is 9.42. The third kappa shape index (κ3) is 8.90. The fraction of sp³-hybridized carbons (Fsp3) is 0.714. The Hall–Kier alpha value is -1.10. The van der Waals surface area contributed by atoms with Crippen molar-refractivity contribution in [1.29, 1.82) is 0 Å². The van der Waals surface area contributed by atoms with Crippen LogP contribution in [0.1, 0.15) is 19.8 Å². The van der Waals surface area contributed by atoms with Crippen LogP contribution in [0.5, 0.6) is 0 Å². The van der Waals surface area contributed by atoms with E-state index in [0.29, 0.717) is 6.42 Å². The molecule has 0 aromatic heterocycles. The Bertz CT molecular complexity index is 136. The molecule has 0 fully saturated rings. The molecule has 0 unspecified atom stereocenters. The predicted molar refractivity (Wildman–Crippen MR) is 36.8 cm³/mol. The van der Waals surface area contributed by atoms with Crippen LogP contribution in [-0.2, 0) is 19.1 Å². The standard InChI is InChI=1S/C7H12O5/c1-6(8)12-5-11-4-2-3-7(9)10/h2-5H2,1H3,(H,9,10)/p-1. The minimum Gasteiger partial charge on any atom is -0.550 e. The highest BCUT2D eigenvalue weighted by Gasteiger charge is 1.92. The van der Waals surface area contributed by atoms with Crippen LogP contribution >= 0.6 is 0 Å². The molecule has 0 spiro atoms. The number of carboxylic acids is 1. The van der Waals surface area contributed by atoms with Crippen LogP contribution in [0.15, 0.2) is 0 Å². The number of aliphatic carboxylic acids is 1. The molecule has 0 saturated heterocycles. The largest absolute Gasteiger partial charge is 0.550 e. The summed E-state index contributed by atoms with van der Waals surface area (Å²) in [6.45, 7) is 1.40. The number of hydrogen-bond acceptors (Lipinski definition) is 5. The van der Waals surface area contributed by atoms with Gasteiger partial charge in [-0.25, -0.2) is 0 Å². The van der Waals surface area contributed by atoms with E-state index in [-0.39, 0.29) is 19.8 Å². The maximum Gasteiger partial charge on any atom is 0.304 e. The van der Waals surface area contributed by atoms with Crippen LogP contribution < -0.4 is 5.11 Å². The highest BCUT2D eigenvalue weighted by atomic mass is 16.7. The molecule has 70 valence electrons. The molecule has 0 N–H and O–H groups in total. The van der Waals surface area contributed by atoms with E-state index in [1.165, 1.54) is 6.92 Å². The van der Waals surface area contributed by atoms with Gasteiger partial charge < -0.3 is 19.4 Å². The van der Waals surface area contributed by atoms with Crippen LogP contribution in [0, 0.1) is 0 Å². The van der Waals surface area contributed by atoms with Crippen LogP contribution in [-0.4, -0.2) is 25.3 Å². The lowest BCUT2D eigenvalue weighted by Crippen LogP contribution is -2.22. The zero-order chi connectivity index (χ0) is 9.40. The van der Waals surface area contributed by atoms with Crippen molar-refractivity contribution in [3.63, 3.8) is 0 Å². The van der Waals surface area contributed by atoms with E-state index >= 15 is 0 Å². The molecule has 0 aromatic carbocycles. The Balaban J connectivity index is 3.01. The van der Waals surface area contributed by atoms with Crippen molar-refractivity contribution in [1.82, 2.24) is 0 Å². The van der Waals surface area contributed by atoms with Gasteiger partial charge in [-0.2, -0.15) is 0 Å². The van der Waals surface area contributed by atoms with E-state index in [2.05, 4.69) is 4.74 Å². The number of rotatable bonds is 6. The molecule has 0 rings (SSSR count). The van der Waals surface area contributed by atoms with Crippen molar-refractivity contribution in [3.05, 3.63) is 0 Å². The van der Waals surface area contributed by atoms with Gasteiger partial charge in [0, 0.05) is 12.9 Å². The summed E-state index contributed by atoms with van der Waals surface area (Å²) in [7, 11) is 0. The SMILES string of the molecule is CC(=O)OCOCCCC(=O)[O-]. The van der Waals surface area contributed by atoms with Crippen molar-refractivity contribution >= 4 is 11.9 Å². The third-order valence-electron chi connectivity index (χ3n) is 1.02. The zero-order valence-corrected chi connectivity index (χ0v) is 6.87. The highest BCUT2D eigenvalue weighted by molar-refractivity contribution is 5.65. The number of carbonyl (C=O) groups is 2. The van der Waals surface area contributed by atoms with Gasteiger partial charge in [-0.3, -0.25) is 4.79 Å². The first kappa shape index (κ1) is 10.9. The molecule has 12 heavy (non-hydrogen) atoms. The summed E-state index contributed by atoms with van der Waals surface area (Å²) in [6, 6.07) is 0. The summed E-state index contributed by atoms with van der Waals surface area (Å²) in [6.07, 6.45) is 0.323. The van der Waals surface area contributed by atoms with E-state index in [1.54, 1.807) is 0 Å². The lowest BCUT2D eigenvalue weighted by Gasteiger charge is -2.04. The number of carboxylic acid groups (broad SMARTS) is 1. The molecule has 0 aromatic rings. The first-order chi connectivity index (χ1) is 5.63. The second kappa shape index (κ2) is 6.60. The average Bonchev–Trinajstić information content (AvgIpc) is 1.95. The van der Waals surface area contributed by atoms with Crippen LogP contribution in [0.25, 0.3) is 0 Å². The molecule has 0 aliphatic rings. The lowest BCUT2D eigenvalue weighted by molar-refractivity contribution is -0.306. The highest BCUT2D eigenvalue weighted by Crippen LogP contribution is 1.88.